The average Bonchev–Trinajstić information content (AvgIpc) is 3.42. The molecule has 0 aliphatic heterocycles. The van der Waals surface area contributed by atoms with Crippen molar-refractivity contribution < 1.29 is 19.1 Å². The monoisotopic (exact) mass is 453 g/mol. The fourth-order valence-corrected chi connectivity index (χ4v) is 3.37. The number of ether oxygens (including phenoxy) is 2. The summed E-state index contributed by atoms with van der Waals surface area (Å²) in [6.45, 7) is 1.73. The summed E-state index contributed by atoms with van der Waals surface area (Å²) in [4.78, 5) is 25.3. The van der Waals surface area contributed by atoms with Crippen molar-refractivity contribution in [3.05, 3.63) is 114 Å². The van der Waals surface area contributed by atoms with E-state index in [1.165, 1.54) is 7.11 Å². The third-order valence-electron chi connectivity index (χ3n) is 5.16. The predicted octanol–water partition coefficient (Wildman–Crippen LogP) is 4.86. The van der Waals surface area contributed by atoms with Gasteiger partial charge in [0, 0.05) is 29.2 Å². The average molecular weight is 453 g/mol. The molecule has 34 heavy (non-hydrogen) atoms. The first-order chi connectivity index (χ1) is 16.6. The minimum atomic E-state index is -0.551. The molecule has 0 saturated carbocycles. The molecule has 1 heterocycles. The van der Waals surface area contributed by atoms with E-state index >= 15 is 0 Å². The Bertz CT molecular complexity index is 1330. The van der Waals surface area contributed by atoms with E-state index in [1.54, 1.807) is 67.6 Å². The minimum absolute atomic E-state index is 0.311. The number of nitrogens with zero attached hydrogens (tertiary/aromatic N) is 2. The van der Waals surface area contributed by atoms with Crippen LogP contribution in [-0.4, -0.2) is 29.3 Å². The maximum atomic E-state index is 12.7. The number of carbonyl (C=O) groups excluding carboxylic acids is 2. The molecule has 0 radical (unpaired) electrons. The van der Waals surface area contributed by atoms with E-state index in [0.717, 1.165) is 5.69 Å². The smallest absolute Gasteiger partial charge is 0.347 e. The van der Waals surface area contributed by atoms with Gasteiger partial charge in [0.15, 0.2) is 0 Å². The van der Waals surface area contributed by atoms with Crippen molar-refractivity contribution in [2.45, 2.75) is 6.92 Å². The molecule has 0 bridgehead atoms. The van der Waals surface area contributed by atoms with Gasteiger partial charge in [-0.1, -0.05) is 24.3 Å². The number of para-hydroxylation sites is 2. The fraction of sp³-hybridized carbons (Fsp3) is 0.0741. The Morgan fingerprint density at radius 3 is 2.09 bits per heavy atom. The highest BCUT2D eigenvalue weighted by Gasteiger charge is 2.17. The van der Waals surface area contributed by atoms with E-state index in [0.29, 0.717) is 33.9 Å². The number of nitrogens with one attached hydrogen (secondary N) is 1. The van der Waals surface area contributed by atoms with E-state index in [2.05, 4.69) is 10.5 Å². The largest absolute Gasteiger partial charge is 0.496 e. The van der Waals surface area contributed by atoms with Gasteiger partial charge in [0.25, 0.3) is 5.91 Å². The summed E-state index contributed by atoms with van der Waals surface area (Å²) in [6.07, 6.45) is 3.86. The van der Waals surface area contributed by atoms with Crippen LogP contribution >= 0.6 is 0 Å². The maximum Gasteiger partial charge on any atom is 0.347 e. The lowest BCUT2D eigenvalue weighted by Gasteiger charge is -2.12. The van der Waals surface area contributed by atoms with Crippen molar-refractivity contribution in [1.82, 2.24) is 9.99 Å². The lowest BCUT2D eigenvalue weighted by molar-refractivity contribution is 0.0730. The minimum Gasteiger partial charge on any atom is -0.496 e. The molecule has 0 unspecified atom stereocenters. The highest BCUT2D eigenvalue weighted by Crippen LogP contribution is 2.23. The number of amides is 1. The van der Waals surface area contributed by atoms with Crippen LogP contribution in [0.25, 0.3) is 5.69 Å². The summed E-state index contributed by atoms with van der Waals surface area (Å²) in [7, 11) is 1.49. The molecule has 1 amide bonds. The Morgan fingerprint density at radius 2 is 1.41 bits per heavy atom. The molecule has 0 aliphatic carbocycles. The summed E-state index contributed by atoms with van der Waals surface area (Å²) >= 11 is 0. The lowest BCUT2D eigenvalue weighted by Crippen LogP contribution is -2.20. The normalized spacial score (nSPS) is 11.1. The number of benzene rings is 3. The molecule has 170 valence electrons. The predicted molar refractivity (Wildman–Crippen MR) is 130 cm³/mol. The molecule has 4 rings (SSSR count). The summed E-state index contributed by atoms with van der Waals surface area (Å²) in [5, 5.41) is 4.21. The molecule has 0 spiro atoms. The number of hydrogen-bond acceptors (Lipinski definition) is 5. The molecule has 1 N–H and O–H groups in total. The first-order valence-corrected chi connectivity index (χ1v) is 10.6. The van der Waals surface area contributed by atoms with Crippen LogP contribution in [0.1, 0.15) is 33.2 Å². The molecule has 1 aromatic heterocycles. The SMILES string of the molecule is COc1ccccc1C(=O)Oc1ccccc1C(C)=NNC(=O)c1ccc(-n2cccc2)cc1. The second kappa shape index (κ2) is 10.3. The van der Waals surface area contributed by atoms with Crippen LogP contribution in [0.15, 0.2) is 102 Å². The zero-order valence-electron chi connectivity index (χ0n) is 18.8. The first kappa shape index (κ1) is 22.5. The van der Waals surface area contributed by atoms with Gasteiger partial charge in [-0.15, -0.1) is 0 Å². The molecule has 7 heteroatoms. The quantitative estimate of drug-likeness (QED) is 0.188. The maximum absolute atomic E-state index is 12.7. The Labute approximate surface area is 197 Å². The van der Waals surface area contributed by atoms with Crippen molar-refractivity contribution in [2.75, 3.05) is 7.11 Å². The summed E-state index contributed by atoms with van der Waals surface area (Å²) in [5.74, 6) is -0.151. The molecule has 4 aromatic rings. The van der Waals surface area contributed by atoms with Gasteiger partial charge in [-0.3, -0.25) is 4.79 Å². The van der Waals surface area contributed by atoms with Crippen molar-refractivity contribution >= 4 is 17.6 Å². The Morgan fingerprint density at radius 1 is 0.794 bits per heavy atom. The number of hydrazone groups is 1. The van der Waals surface area contributed by atoms with E-state index in [9.17, 15) is 9.59 Å². The standard InChI is InChI=1S/C27H23N3O4/c1-19(28-29-26(31)20-13-15-21(16-14-20)30-17-7-8-18-30)22-9-3-6-12-25(22)34-27(32)23-10-4-5-11-24(23)33-2/h3-18H,1-2H3,(H,29,31). The number of aromatic nitrogens is 1. The highest BCUT2D eigenvalue weighted by molar-refractivity contribution is 6.04. The van der Waals surface area contributed by atoms with Gasteiger partial charge in [-0.2, -0.15) is 5.10 Å². The number of esters is 1. The number of hydrogen-bond donors (Lipinski definition) is 1. The molecule has 3 aromatic carbocycles. The van der Waals surface area contributed by atoms with Gasteiger partial charge in [0.2, 0.25) is 0 Å². The fourth-order valence-electron chi connectivity index (χ4n) is 3.37. The molecule has 0 atom stereocenters. The van der Waals surface area contributed by atoms with Gasteiger partial charge in [-0.05, 0) is 67.6 Å². The third-order valence-corrected chi connectivity index (χ3v) is 5.16. The van der Waals surface area contributed by atoms with Crippen molar-refractivity contribution in [3.63, 3.8) is 0 Å². The Kier molecular flexibility index (Phi) is 6.84. The van der Waals surface area contributed by atoms with Gasteiger partial charge in [-0.25, -0.2) is 10.2 Å². The van der Waals surface area contributed by atoms with E-state index in [4.69, 9.17) is 9.47 Å². The molecular formula is C27H23N3O4. The first-order valence-electron chi connectivity index (χ1n) is 10.6. The number of methoxy groups -OCH3 is 1. The second-order valence-corrected chi connectivity index (χ2v) is 7.36. The van der Waals surface area contributed by atoms with Crippen LogP contribution in [-0.2, 0) is 0 Å². The van der Waals surface area contributed by atoms with Crippen LogP contribution in [0.4, 0.5) is 0 Å². The van der Waals surface area contributed by atoms with Crippen molar-refractivity contribution in [1.29, 1.82) is 0 Å². The van der Waals surface area contributed by atoms with E-state index < -0.39 is 5.97 Å². The van der Waals surface area contributed by atoms with E-state index in [-0.39, 0.29) is 5.91 Å². The lowest BCUT2D eigenvalue weighted by atomic mass is 10.1. The Balaban J connectivity index is 1.48. The summed E-state index contributed by atoms with van der Waals surface area (Å²) in [5.41, 5.74) is 5.37. The van der Waals surface area contributed by atoms with E-state index in [1.807, 2.05) is 41.2 Å². The van der Waals surface area contributed by atoms with Crippen LogP contribution in [0.2, 0.25) is 0 Å². The molecular weight excluding hydrogens is 430 g/mol. The Hall–Kier alpha value is -4.65. The van der Waals surface area contributed by atoms with Gasteiger partial charge in [0.1, 0.15) is 17.1 Å². The number of carbonyl (C=O) groups is 2. The topological polar surface area (TPSA) is 81.9 Å². The number of rotatable bonds is 7. The summed E-state index contributed by atoms with van der Waals surface area (Å²) < 4.78 is 12.8. The molecule has 0 aliphatic rings. The van der Waals surface area contributed by atoms with Crippen LogP contribution in [0, 0.1) is 0 Å². The van der Waals surface area contributed by atoms with Gasteiger partial charge in [0.05, 0.1) is 12.8 Å². The zero-order chi connectivity index (χ0) is 23.9. The molecule has 0 fully saturated rings. The van der Waals surface area contributed by atoms with Crippen molar-refractivity contribution in [3.8, 4) is 17.2 Å². The van der Waals surface area contributed by atoms with Crippen LogP contribution in [0.5, 0.6) is 11.5 Å². The van der Waals surface area contributed by atoms with Gasteiger partial charge >= 0.3 is 5.97 Å². The van der Waals surface area contributed by atoms with Crippen LogP contribution < -0.4 is 14.9 Å². The summed E-state index contributed by atoms with van der Waals surface area (Å²) in [6, 6.07) is 24.9. The zero-order valence-corrected chi connectivity index (χ0v) is 18.8. The molecule has 7 nitrogen and oxygen atoms in total. The molecule has 0 saturated heterocycles. The van der Waals surface area contributed by atoms with Crippen molar-refractivity contribution in [2.24, 2.45) is 5.10 Å². The highest BCUT2D eigenvalue weighted by atomic mass is 16.5. The van der Waals surface area contributed by atoms with Gasteiger partial charge < -0.3 is 14.0 Å². The second-order valence-electron chi connectivity index (χ2n) is 7.36. The third kappa shape index (κ3) is 5.05. The van der Waals surface area contributed by atoms with Crippen LogP contribution in [0.3, 0.4) is 0 Å².